The summed E-state index contributed by atoms with van der Waals surface area (Å²) in [6.07, 6.45) is -3.53. The molecule has 1 saturated heterocycles. The van der Waals surface area contributed by atoms with E-state index in [1.807, 2.05) is 6.92 Å². The van der Waals surface area contributed by atoms with Crippen LogP contribution >= 0.6 is 0 Å². The summed E-state index contributed by atoms with van der Waals surface area (Å²) >= 11 is 0. The lowest BCUT2D eigenvalue weighted by atomic mass is 10.1. The first-order valence-corrected chi connectivity index (χ1v) is 8.75. The van der Waals surface area contributed by atoms with Crippen LogP contribution in [0.3, 0.4) is 0 Å². The summed E-state index contributed by atoms with van der Waals surface area (Å²) in [5.74, 6) is -1.29. The molecule has 6 nitrogen and oxygen atoms in total. The van der Waals surface area contributed by atoms with Crippen molar-refractivity contribution in [3.05, 3.63) is 41.3 Å². The Morgan fingerprint density at radius 1 is 1.25 bits per heavy atom. The summed E-state index contributed by atoms with van der Waals surface area (Å²) in [6.45, 7) is 4.95. The second kappa shape index (κ2) is 7.69. The van der Waals surface area contributed by atoms with Gasteiger partial charge in [-0.3, -0.25) is 4.68 Å². The first kappa shape index (κ1) is 20.0. The topological polar surface area (TPSA) is 56.6 Å². The lowest BCUT2D eigenvalue weighted by molar-refractivity contribution is -0.137. The van der Waals surface area contributed by atoms with Gasteiger partial charge < -0.3 is 14.4 Å². The van der Waals surface area contributed by atoms with Crippen molar-refractivity contribution < 1.29 is 31.8 Å². The fourth-order valence-electron chi connectivity index (χ4n) is 2.83. The standard InChI is InChI=1S/C18H19F4N3O3/c1-3-25-10-15(17(26)27-4-2)16(23-25)24-8-14(9-24)28-13-6-11(18(20,21)22)5-12(19)7-13/h5-7,10,14H,3-4,8-9H2,1-2H3. The number of aryl methyl sites for hydroxylation is 1. The minimum Gasteiger partial charge on any atom is -0.487 e. The molecule has 0 spiro atoms. The smallest absolute Gasteiger partial charge is 0.416 e. The Kier molecular flexibility index (Phi) is 5.48. The zero-order chi connectivity index (χ0) is 20.5. The van der Waals surface area contributed by atoms with Crippen molar-refractivity contribution in [2.75, 3.05) is 24.6 Å². The molecule has 0 atom stereocenters. The summed E-state index contributed by atoms with van der Waals surface area (Å²) in [5.41, 5.74) is -0.794. The van der Waals surface area contributed by atoms with Gasteiger partial charge in [-0.1, -0.05) is 0 Å². The van der Waals surface area contributed by atoms with Crippen LogP contribution in [-0.2, 0) is 17.5 Å². The van der Waals surface area contributed by atoms with Gasteiger partial charge in [-0.25, -0.2) is 9.18 Å². The third-order valence-corrected chi connectivity index (χ3v) is 4.21. The number of ether oxygens (including phenoxy) is 2. The molecule has 1 aromatic carbocycles. The monoisotopic (exact) mass is 401 g/mol. The lowest BCUT2D eigenvalue weighted by Crippen LogP contribution is -2.54. The van der Waals surface area contributed by atoms with Crippen LogP contribution in [0.1, 0.15) is 29.8 Å². The van der Waals surface area contributed by atoms with Crippen molar-refractivity contribution in [2.45, 2.75) is 32.7 Å². The minimum absolute atomic E-state index is 0.193. The first-order chi connectivity index (χ1) is 13.2. The molecule has 0 aliphatic carbocycles. The van der Waals surface area contributed by atoms with Gasteiger partial charge in [-0.15, -0.1) is 0 Å². The molecular formula is C18H19F4N3O3. The van der Waals surface area contributed by atoms with Crippen LogP contribution in [0.25, 0.3) is 0 Å². The number of carbonyl (C=O) groups is 1. The largest absolute Gasteiger partial charge is 0.487 e. The van der Waals surface area contributed by atoms with E-state index < -0.39 is 29.6 Å². The highest BCUT2D eigenvalue weighted by Gasteiger charge is 2.35. The Bertz CT molecular complexity index is 860. The van der Waals surface area contributed by atoms with E-state index in [2.05, 4.69) is 5.10 Å². The van der Waals surface area contributed by atoms with Gasteiger partial charge in [-0.2, -0.15) is 18.3 Å². The number of anilines is 1. The second-order valence-corrected chi connectivity index (χ2v) is 6.26. The third kappa shape index (κ3) is 4.20. The molecule has 1 aliphatic heterocycles. The predicted molar refractivity (Wildman–Crippen MR) is 91.9 cm³/mol. The summed E-state index contributed by atoms with van der Waals surface area (Å²) in [5, 5.41) is 4.33. The Hall–Kier alpha value is -2.78. The average molecular weight is 401 g/mol. The van der Waals surface area contributed by atoms with E-state index in [1.165, 1.54) is 0 Å². The first-order valence-electron chi connectivity index (χ1n) is 8.75. The maximum atomic E-state index is 13.5. The van der Waals surface area contributed by atoms with Crippen molar-refractivity contribution >= 4 is 11.8 Å². The van der Waals surface area contributed by atoms with Gasteiger partial charge in [0.1, 0.15) is 23.2 Å². The number of carbonyl (C=O) groups excluding carboxylic acids is 1. The van der Waals surface area contributed by atoms with Gasteiger partial charge in [0.15, 0.2) is 5.82 Å². The van der Waals surface area contributed by atoms with Crippen LogP contribution in [0.5, 0.6) is 5.75 Å². The molecule has 1 aliphatic rings. The molecule has 0 unspecified atom stereocenters. The van der Waals surface area contributed by atoms with Gasteiger partial charge in [0.2, 0.25) is 0 Å². The Balaban J connectivity index is 1.69. The van der Waals surface area contributed by atoms with E-state index in [9.17, 15) is 22.4 Å². The molecule has 2 aromatic rings. The van der Waals surface area contributed by atoms with Crippen molar-refractivity contribution in [3.8, 4) is 5.75 Å². The molecule has 0 radical (unpaired) electrons. The van der Waals surface area contributed by atoms with E-state index in [4.69, 9.17) is 9.47 Å². The van der Waals surface area contributed by atoms with Crippen LogP contribution in [0.2, 0.25) is 0 Å². The highest BCUT2D eigenvalue weighted by Crippen LogP contribution is 2.33. The van der Waals surface area contributed by atoms with Gasteiger partial charge >= 0.3 is 12.1 Å². The second-order valence-electron chi connectivity index (χ2n) is 6.26. The molecule has 10 heteroatoms. The molecule has 2 heterocycles. The quantitative estimate of drug-likeness (QED) is 0.548. The van der Waals surface area contributed by atoms with Crippen molar-refractivity contribution in [3.63, 3.8) is 0 Å². The Labute approximate surface area is 158 Å². The molecule has 0 amide bonds. The summed E-state index contributed by atoms with van der Waals surface area (Å²) < 4.78 is 64.0. The molecule has 3 rings (SSSR count). The maximum absolute atomic E-state index is 13.5. The van der Waals surface area contributed by atoms with Gasteiger partial charge in [0, 0.05) is 18.8 Å². The summed E-state index contributed by atoms with van der Waals surface area (Å²) in [6, 6.07) is 2.10. The highest BCUT2D eigenvalue weighted by atomic mass is 19.4. The van der Waals surface area contributed by atoms with E-state index in [1.54, 1.807) is 22.7 Å². The van der Waals surface area contributed by atoms with E-state index in [-0.39, 0.29) is 12.4 Å². The zero-order valence-electron chi connectivity index (χ0n) is 15.3. The van der Waals surface area contributed by atoms with Crippen molar-refractivity contribution in [2.24, 2.45) is 0 Å². The number of esters is 1. The number of alkyl halides is 3. The fourth-order valence-corrected chi connectivity index (χ4v) is 2.83. The zero-order valence-corrected chi connectivity index (χ0v) is 15.3. The van der Waals surface area contributed by atoms with E-state index in [0.717, 1.165) is 12.1 Å². The molecule has 28 heavy (non-hydrogen) atoms. The van der Waals surface area contributed by atoms with Crippen molar-refractivity contribution in [1.29, 1.82) is 0 Å². The van der Waals surface area contributed by atoms with Crippen LogP contribution < -0.4 is 9.64 Å². The Morgan fingerprint density at radius 3 is 2.57 bits per heavy atom. The normalized spacial score (nSPS) is 14.7. The predicted octanol–water partition coefficient (Wildman–Crippen LogP) is 3.51. The summed E-state index contributed by atoms with van der Waals surface area (Å²) in [4.78, 5) is 13.9. The molecule has 0 N–H and O–H groups in total. The van der Waals surface area contributed by atoms with Gasteiger partial charge in [0.05, 0.1) is 25.3 Å². The van der Waals surface area contributed by atoms with Crippen LogP contribution in [0, 0.1) is 5.82 Å². The third-order valence-electron chi connectivity index (χ3n) is 4.21. The number of aromatic nitrogens is 2. The van der Waals surface area contributed by atoms with Crippen LogP contribution in [0.15, 0.2) is 24.4 Å². The van der Waals surface area contributed by atoms with E-state index >= 15 is 0 Å². The number of hydrogen-bond acceptors (Lipinski definition) is 5. The highest BCUT2D eigenvalue weighted by molar-refractivity contribution is 5.94. The Morgan fingerprint density at radius 2 is 1.96 bits per heavy atom. The summed E-state index contributed by atoms with van der Waals surface area (Å²) in [7, 11) is 0. The number of rotatable bonds is 6. The fraction of sp³-hybridized carbons (Fsp3) is 0.444. The van der Waals surface area contributed by atoms with Crippen molar-refractivity contribution in [1.82, 2.24) is 9.78 Å². The average Bonchev–Trinajstić information content (AvgIpc) is 3.00. The number of halogens is 4. The van der Waals surface area contributed by atoms with Crippen LogP contribution in [0.4, 0.5) is 23.4 Å². The maximum Gasteiger partial charge on any atom is 0.416 e. The molecule has 1 aromatic heterocycles. The minimum atomic E-state index is -4.66. The number of benzene rings is 1. The molecule has 0 saturated carbocycles. The molecule has 152 valence electrons. The van der Waals surface area contributed by atoms with Gasteiger partial charge in [-0.05, 0) is 26.0 Å². The SMILES string of the molecule is CCOC(=O)c1cn(CC)nc1N1CC(Oc2cc(F)cc(C(F)(F)F)c2)C1. The van der Waals surface area contributed by atoms with Gasteiger partial charge in [0.25, 0.3) is 0 Å². The number of hydrogen-bond donors (Lipinski definition) is 0. The van der Waals surface area contributed by atoms with Crippen LogP contribution in [-0.4, -0.2) is 41.6 Å². The number of nitrogens with zero attached hydrogens (tertiary/aromatic N) is 3. The van der Waals surface area contributed by atoms with E-state index in [0.29, 0.717) is 37.1 Å². The molecule has 1 fully saturated rings. The molecular weight excluding hydrogens is 382 g/mol. The molecule has 0 bridgehead atoms. The lowest BCUT2D eigenvalue weighted by Gasteiger charge is -2.39.